The number of carbonyl (C=O) groups excluding carboxylic acids is 2. The number of Topliss-reactive ketones (excluding diaryl/α,β-unsaturated/α-hetero) is 1. The van der Waals surface area contributed by atoms with Gasteiger partial charge in [-0.2, -0.15) is 0 Å². The molecule has 106 valence electrons. The van der Waals surface area contributed by atoms with Gasteiger partial charge in [-0.15, -0.1) is 0 Å². The molecule has 0 aliphatic heterocycles. The SMILES string of the molecule is CC1(C)C(=O)[C@]2(C(=O)Nc3cccc(Cl)c3)CC[C@H]1C2. The van der Waals surface area contributed by atoms with Crippen molar-refractivity contribution in [3.05, 3.63) is 29.3 Å². The van der Waals surface area contributed by atoms with Crippen LogP contribution in [-0.2, 0) is 9.59 Å². The minimum atomic E-state index is -0.823. The Labute approximate surface area is 123 Å². The number of carbonyl (C=O) groups is 2. The second kappa shape index (κ2) is 4.32. The van der Waals surface area contributed by atoms with E-state index in [0.29, 0.717) is 29.5 Å². The topological polar surface area (TPSA) is 46.2 Å². The third-order valence-corrected chi connectivity index (χ3v) is 5.31. The Morgan fingerprint density at radius 2 is 2.15 bits per heavy atom. The first kappa shape index (κ1) is 13.6. The maximum absolute atomic E-state index is 12.6. The average Bonchev–Trinajstić information content (AvgIpc) is 2.90. The van der Waals surface area contributed by atoms with Crippen molar-refractivity contribution in [3.63, 3.8) is 0 Å². The van der Waals surface area contributed by atoms with Crippen molar-refractivity contribution in [1.29, 1.82) is 0 Å². The minimum absolute atomic E-state index is 0.0979. The van der Waals surface area contributed by atoms with Crippen LogP contribution in [0.1, 0.15) is 33.1 Å². The Morgan fingerprint density at radius 1 is 1.40 bits per heavy atom. The number of halogens is 1. The monoisotopic (exact) mass is 291 g/mol. The maximum Gasteiger partial charge on any atom is 0.238 e. The first-order valence-electron chi connectivity index (χ1n) is 6.98. The summed E-state index contributed by atoms with van der Waals surface area (Å²) in [7, 11) is 0. The molecule has 1 amide bonds. The summed E-state index contributed by atoms with van der Waals surface area (Å²) >= 11 is 5.92. The number of hydrogen-bond acceptors (Lipinski definition) is 2. The Hall–Kier alpha value is -1.35. The second-order valence-corrected chi connectivity index (χ2v) is 6.97. The summed E-state index contributed by atoms with van der Waals surface area (Å²) in [5, 5.41) is 3.44. The minimum Gasteiger partial charge on any atom is -0.325 e. The lowest BCUT2D eigenvalue weighted by Crippen LogP contribution is -2.44. The molecule has 1 N–H and O–H groups in total. The number of ketones is 1. The van der Waals surface area contributed by atoms with Crippen molar-refractivity contribution in [2.45, 2.75) is 33.1 Å². The number of anilines is 1. The van der Waals surface area contributed by atoms with Crippen LogP contribution in [-0.4, -0.2) is 11.7 Å². The van der Waals surface area contributed by atoms with Crippen molar-refractivity contribution in [2.24, 2.45) is 16.7 Å². The van der Waals surface area contributed by atoms with Crippen molar-refractivity contribution < 1.29 is 9.59 Å². The smallest absolute Gasteiger partial charge is 0.238 e. The summed E-state index contributed by atoms with van der Waals surface area (Å²) in [5.41, 5.74) is -0.543. The van der Waals surface area contributed by atoms with Gasteiger partial charge in [0, 0.05) is 16.1 Å². The highest BCUT2D eigenvalue weighted by molar-refractivity contribution is 6.31. The van der Waals surface area contributed by atoms with E-state index in [2.05, 4.69) is 5.32 Å². The highest BCUT2D eigenvalue weighted by atomic mass is 35.5. The number of amides is 1. The lowest BCUT2D eigenvalue weighted by Gasteiger charge is -2.32. The van der Waals surface area contributed by atoms with Crippen LogP contribution in [0.15, 0.2) is 24.3 Å². The summed E-state index contributed by atoms with van der Waals surface area (Å²) < 4.78 is 0. The Kier molecular flexibility index (Phi) is 2.94. The van der Waals surface area contributed by atoms with Crippen LogP contribution in [0.2, 0.25) is 5.02 Å². The zero-order valence-electron chi connectivity index (χ0n) is 11.7. The highest BCUT2D eigenvalue weighted by Gasteiger charge is 2.64. The second-order valence-electron chi connectivity index (χ2n) is 6.54. The Morgan fingerprint density at radius 3 is 2.75 bits per heavy atom. The molecule has 3 rings (SSSR count). The molecule has 0 radical (unpaired) electrons. The van der Waals surface area contributed by atoms with E-state index in [1.807, 2.05) is 13.8 Å². The van der Waals surface area contributed by atoms with Crippen LogP contribution >= 0.6 is 11.6 Å². The molecule has 1 aromatic rings. The quantitative estimate of drug-likeness (QED) is 0.845. The molecule has 1 aromatic carbocycles. The zero-order chi connectivity index (χ0) is 14.5. The fraction of sp³-hybridized carbons (Fsp3) is 0.500. The Bertz CT molecular complexity index is 596. The van der Waals surface area contributed by atoms with E-state index in [1.54, 1.807) is 24.3 Å². The van der Waals surface area contributed by atoms with E-state index >= 15 is 0 Å². The first-order valence-corrected chi connectivity index (χ1v) is 7.36. The maximum atomic E-state index is 12.6. The molecule has 2 atom stereocenters. The predicted molar refractivity (Wildman–Crippen MR) is 78.6 cm³/mol. The summed E-state index contributed by atoms with van der Waals surface area (Å²) in [6.45, 7) is 3.93. The molecule has 3 nitrogen and oxygen atoms in total. The molecule has 0 aromatic heterocycles. The summed E-state index contributed by atoms with van der Waals surface area (Å²) in [4.78, 5) is 25.3. The van der Waals surface area contributed by atoms with Gasteiger partial charge < -0.3 is 5.32 Å². The molecule has 2 bridgehead atoms. The van der Waals surface area contributed by atoms with E-state index in [-0.39, 0.29) is 17.1 Å². The van der Waals surface area contributed by atoms with Crippen molar-refractivity contribution in [1.82, 2.24) is 0 Å². The van der Waals surface area contributed by atoms with Gasteiger partial charge in [0.25, 0.3) is 0 Å². The molecule has 2 saturated carbocycles. The Balaban J connectivity index is 1.86. The molecule has 2 aliphatic rings. The number of rotatable bonds is 2. The van der Waals surface area contributed by atoms with Gasteiger partial charge in [0.15, 0.2) is 5.78 Å². The van der Waals surface area contributed by atoms with Gasteiger partial charge >= 0.3 is 0 Å². The normalized spacial score (nSPS) is 30.6. The highest BCUT2D eigenvalue weighted by Crippen LogP contribution is 2.60. The number of fused-ring (bicyclic) bond motifs is 2. The van der Waals surface area contributed by atoms with E-state index in [0.717, 1.165) is 6.42 Å². The van der Waals surface area contributed by atoms with Crippen LogP contribution in [0.5, 0.6) is 0 Å². The molecule has 2 aliphatic carbocycles. The fourth-order valence-electron chi connectivity index (χ4n) is 3.80. The molecule has 0 spiro atoms. The van der Waals surface area contributed by atoms with Crippen molar-refractivity contribution in [2.75, 3.05) is 5.32 Å². The van der Waals surface area contributed by atoms with Crippen LogP contribution in [0.3, 0.4) is 0 Å². The lowest BCUT2D eigenvalue weighted by molar-refractivity contribution is -0.142. The van der Waals surface area contributed by atoms with Crippen LogP contribution in [0.25, 0.3) is 0 Å². The number of hydrogen-bond donors (Lipinski definition) is 1. The summed E-state index contributed by atoms with van der Waals surface area (Å²) in [5.74, 6) is 0.263. The van der Waals surface area contributed by atoms with Crippen LogP contribution < -0.4 is 5.32 Å². The largest absolute Gasteiger partial charge is 0.325 e. The molecule has 20 heavy (non-hydrogen) atoms. The number of benzene rings is 1. The summed E-state index contributed by atoms with van der Waals surface area (Å²) in [6.07, 6.45) is 2.32. The molecule has 0 heterocycles. The third-order valence-electron chi connectivity index (χ3n) is 5.07. The fourth-order valence-corrected chi connectivity index (χ4v) is 3.99. The zero-order valence-corrected chi connectivity index (χ0v) is 12.5. The van der Waals surface area contributed by atoms with Crippen LogP contribution in [0, 0.1) is 16.7 Å². The molecule has 0 saturated heterocycles. The predicted octanol–water partition coefficient (Wildman–Crippen LogP) is 3.67. The van der Waals surface area contributed by atoms with Gasteiger partial charge in [-0.1, -0.05) is 31.5 Å². The standard InChI is InChI=1S/C16H18ClNO2/c1-15(2)10-6-7-16(9-10,13(15)19)14(20)18-12-5-3-4-11(17)8-12/h3-5,8,10H,6-7,9H2,1-2H3,(H,18,20)/t10-,16-/m0/s1. The first-order chi connectivity index (χ1) is 9.36. The molecule has 2 fully saturated rings. The van der Waals surface area contributed by atoms with Gasteiger partial charge in [-0.05, 0) is 43.4 Å². The van der Waals surface area contributed by atoms with E-state index in [4.69, 9.17) is 11.6 Å². The van der Waals surface area contributed by atoms with Crippen LogP contribution in [0.4, 0.5) is 5.69 Å². The number of nitrogens with one attached hydrogen (secondary N) is 1. The van der Waals surface area contributed by atoms with Crippen molar-refractivity contribution >= 4 is 29.0 Å². The van der Waals surface area contributed by atoms with Gasteiger partial charge in [0.1, 0.15) is 5.41 Å². The molecular formula is C16H18ClNO2. The molecule has 0 unspecified atom stereocenters. The third kappa shape index (κ3) is 1.80. The van der Waals surface area contributed by atoms with Gasteiger partial charge in [-0.3, -0.25) is 9.59 Å². The average molecular weight is 292 g/mol. The van der Waals surface area contributed by atoms with Gasteiger partial charge in [0.2, 0.25) is 5.91 Å². The molecular weight excluding hydrogens is 274 g/mol. The lowest BCUT2D eigenvalue weighted by atomic mass is 9.70. The van der Waals surface area contributed by atoms with Gasteiger partial charge in [0.05, 0.1) is 0 Å². The van der Waals surface area contributed by atoms with E-state index < -0.39 is 5.41 Å². The molecule has 4 heteroatoms. The van der Waals surface area contributed by atoms with E-state index in [9.17, 15) is 9.59 Å². The van der Waals surface area contributed by atoms with Crippen molar-refractivity contribution in [3.8, 4) is 0 Å². The van der Waals surface area contributed by atoms with Gasteiger partial charge in [-0.25, -0.2) is 0 Å². The van der Waals surface area contributed by atoms with E-state index in [1.165, 1.54) is 0 Å². The summed E-state index contributed by atoms with van der Waals surface area (Å²) in [6, 6.07) is 7.03.